The number of anilines is 1. The largest absolute Gasteiger partial charge is 0.338 e. The van der Waals surface area contributed by atoms with Crippen molar-refractivity contribution < 1.29 is 9.59 Å². The van der Waals surface area contributed by atoms with Crippen LogP contribution in [-0.4, -0.2) is 34.8 Å². The van der Waals surface area contributed by atoms with E-state index in [2.05, 4.69) is 29.4 Å². The standard InChI is InChI=1S/C20H21N3O2S2/c1-2-13-5-6-15-17(12-13)27-20(21-15)22-18(24)14-7-9-23(10-8-14)19(25)16-4-3-11-26-16/h3-6,11-12,14H,2,7-10H2,1H3,(H,21,22,24). The second-order valence-corrected chi connectivity index (χ2v) is 8.69. The van der Waals surface area contributed by atoms with E-state index in [1.165, 1.54) is 28.2 Å². The van der Waals surface area contributed by atoms with Gasteiger partial charge in [0.1, 0.15) is 0 Å². The summed E-state index contributed by atoms with van der Waals surface area (Å²) in [4.78, 5) is 32.2. The molecule has 140 valence electrons. The summed E-state index contributed by atoms with van der Waals surface area (Å²) in [6.45, 7) is 3.36. The van der Waals surface area contributed by atoms with Crippen molar-refractivity contribution in [1.29, 1.82) is 0 Å². The number of benzene rings is 1. The minimum atomic E-state index is -0.0735. The number of nitrogens with one attached hydrogen (secondary N) is 1. The summed E-state index contributed by atoms with van der Waals surface area (Å²) in [5, 5.41) is 5.54. The number of fused-ring (bicyclic) bond motifs is 1. The van der Waals surface area contributed by atoms with E-state index in [-0.39, 0.29) is 17.7 Å². The number of rotatable bonds is 4. The van der Waals surface area contributed by atoms with E-state index in [1.807, 2.05) is 28.5 Å². The fourth-order valence-electron chi connectivity index (χ4n) is 3.35. The Kier molecular flexibility index (Phi) is 5.22. The molecule has 0 atom stereocenters. The van der Waals surface area contributed by atoms with Crippen molar-refractivity contribution in [3.8, 4) is 0 Å². The molecule has 0 spiro atoms. The van der Waals surface area contributed by atoms with Crippen LogP contribution in [0.15, 0.2) is 35.7 Å². The second-order valence-electron chi connectivity index (χ2n) is 6.71. The molecule has 0 radical (unpaired) electrons. The van der Waals surface area contributed by atoms with Crippen LogP contribution in [-0.2, 0) is 11.2 Å². The Bertz CT molecular complexity index is 957. The molecule has 3 heterocycles. The van der Waals surface area contributed by atoms with Gasteiger partial charge in [-0.05, 0) is 48.4 Å². The van der Waals surface area contributed by atoms with Gasteiger partial charge >= 0.3 is 0 Å². The molecule has 1 aliphatic heterocycles. The Morgan fingerprint density at radius 3 is 2.78 bits per heavy atom. The molecule has 0 bridgehead atoms. The van der Waals surface area contributed by atoms with Crippen LogP contribution in [0.5, 0.6) is 0 Å². The maximum Gasteiger partial charge on any atom is 0.263 e. The average molecular weight is 400 g/mol. The average Bonchev–Trinajstić information content (AvgIpc) is 3.36. The maximum atomic E-state index is 12.6. The molecule has 0 saturated carbocycles. The Labute approximate surface area is 166 Å². The fourth-order valence-corrected chi connectivity index (χ4v) is 4.97. The molecule has 27 heavy (non-hydrogen) atoms. The minimum Gasteiger partial charge on any atom is -0.338 e. The molecule has 2 amide bonds. The first kappa shape index (κ1) is 18.1. The molecule has 5 nitrogen and oxygen atoms in total. The molecule has 1 aromatic carbocycles. The van der Waals surface area contributed by atoms with Gasteiger partial charge in [-0.3, -0.25) is 9.59 Å². The molecular formula is C20H21N3O2S2. The van der Waals surface area contributed by atoms with Gasteiger partial charge in [-0.15, -0.1) is 11.3 Å². The van der Waals surface area contributed by atoms with Crippen molar-refractivity contribution in [2.75, 3.05) is 18.4 Å². The number of likely N-dealkylation sites (tertiary alicyclic amines) is 1. The molecule has 1 N–H and O–H groups in total. The van der Waals surface area contributed by atoms with E-state index < -0.39 is 0 Å². The van der Waals surface area contributed by atoms with Crippen LogP contribution in [0.2, 0.25) is 0 Å². The molecule has 1 fully saturated rings. The van der Waals surface area contributed by atoms with Crippen molar-refractivity contribution in [3.05, 3.63) is 46.2 Å². The van der Waals surface area contributed by atoms with Gasteiger partial charge in [-0.25, -0.2) is 4.98 Å². The number of hydrogen-bond acceptors (Lipinski definition) is 5. The molecule has 4 rings (SSSR count). The third kappa shape index (κ3) is 3.89. The summed E-state index contributed by atoms with van der Waals surface area (Å²) in [6.07, 6.45) is 2.36. The number of carbonyl (C=O) groups is 2. The van der Waals surface area contributed by atoms with Gasteiger partial charge in [-0.1, -0.05) is 30.4 Å². The lowest BCUT2D eigenvalue weighted by atomic mass is 9.96. The van der Waals surface area contributed by atoms with Crippen LogP contribution in [0.25, 0.3) is 10.2 Å². The van der Waals surface area contributed by atoms with E-state index in [9.17, 15) is 9.59 Å². The zero-order chi connectivity index (χ0) is 18.8. The first-order valence-corrected chi connectivity index (χ1v) is 10.9. The van der Waals surface area contributed by atoms with Crippen LogP contribution >= 0.6 is 22.7 Å². The van der Waals surface area contributed by atoms with Gasteiger partial charge in [0.15, 0.2) is 5.13 Å². The van der Waals surface area contributed by atoms with E-state index >= 15 is 0 Å². The van der Waals surface area contributed by atoms with E-state index in [0.29, 0.717) is 31.1 Å². The molecule has 1 saturated heterocycles. The van der Waals surface area contributed by atoms with Crippen molar-refractivity contribution >= 4 is 49.8 Å². The molecule has 7 heteroatoms. The third-order valence-corrected chi connectivity index (χ3v) is 6.77. The normalized spacial score (nSPS) is 15.2. The fraction of sp³-hybridized carbons (Fsp3) is 0.350. The predicted octanol–water partition coefficient (Wildman–Crippen LogP) is 4.41. The Morgan fingerprint density at radius 2 is 2.07 bits per heavy atom. The van der Waals surface area contributed by atoms with Crippen molar-refractivity contribution in [2.45, 2.75) is 26.2 Å². The maximum absolute atomic E-state index is 12.6. The number of thiazole rings is 1. The summed E-state index contributed by atoms with van der Waals surface area (Å²) in [6, 6.07) is 9.96. The topological polar surface area (TPSA) is 62.3 Å². The Hall–Kier alpha value is -2.25. The number of nitrogens with zero attached hydrogens (tertiary/aromatic N) is 2. The van der Waals surface area contributed by atoms with Gasteiger partial charge in [0.05, 0.1) is 15.1 Å². The van der Waals surface area contributed by atoms with Crippen molar-refractivity contribution in [3.63, 3.8) is 0 Å². The second kappa shape index (κ2) is 7.78. The molecular weight excluding hydrogens is 378 g/mol. The zero-order valence-corrected chi connectivity index (χ0v) is 16.7. The summed E-state index contributed by atoms with van der Waals surface area (Å²) in [5.41, 5.74) is 2.19. The van der Waals surface area contributed by atoms with Crippen LogP contribution in [0, 0.1) is 5.92 Å². The Morgan fingerprint density at radius 1 is 1.26 bits per heavy atom. The van der Waals surface area contributed by atoms with Crippen LogP contribution < -0.4 is 5.32 Å². The lowest BCUT2D eigenvalue weighted by Crippen LogP contribution is -2.41. The number of hydrogen-bond donors (Lipinski definition) is 1. The SMILES string of the molecule is CCc1ccc2nc(NC(=O)C3CCN(C(=O)c4cccs4)CC3)sc2c1. The predicted molar refractivity (Wildman–Crippen MR) is 111 cm³/mol. The summed E-state index contributed by atoms with van der Waals surface area (Å²) in [5.74, 6) is 0.00496. The summed E-state index contributed by atoms with van der Waals surface area (Å²) >= 11 is 2.98. The molecule has 3 aromatic rings. The van der Waals surface area contributed by atoms with Crippen LogP contribution in [0.1, 0.15) is 35.0 Å². The molecule has 1 aliphatic rings. The quantitative estimate of drug-likeness (QED) is 0.707. The molecule has 0 aliphatic carbocycles. The summed E-state index contributed by atoms with van der Waals surface area (Å²) in [7, 11) is 0. The monoisotopic (exact) mass is 399 g/mol. The van der Waals surface area contributed by atoms with E-state index in [1.54, 1.807) is 0 Å². The van der Waals surface area contributed by atoms with Crippen LogP contribution in [0.4, 0.5) is 5.13 Å². The first-order valence-electron chi connectivity index (χ1n) is 9.17. The summed E-state index contributed by atoms with van der Waals surface area (Å²) < 4.78 is 1.10. The molecule has 0 unspecified atom stereocenters. The zero-order valence-electron chi connectivity index (χ0n) is 15.1. The molecule has 2 aromatic heterocycles. The number of piperidine rings is 1. The highest BCUT2D eigenvalue weighted by molar-refractivity contribution is 7.22. The Balaban J connectivity index is 1.36. The van der Waals surface area contributed by atoms with Crippen molar-refractivity contribution in [1.82, 2.24) is 9.88 Å². The smallest absolute Gasteiger partial charge is 0.263 e. The van der Waals surface area contributed by atoms with Gasteiger partial charge < -0.3 is 10.2 Å². The number of aromatic nitrogens is 1. The van der Waals surface area contributed by atoms with Gasteiger partial charge in [-0.2, -0.15) is 0 Å². The van der Waals surface area contributed by atoms with E-state index in [4.69, 9.17) is 0 Å². The minimum absolute atomic E-state index is 0.00740. The highest BCUT2D eigenvalue weighted by Gasteiger charge is 2.28. The van der Waals surface area contributed by atoms with Crippen molar-refractivity contribution in [2.24, 2.45) is 5.92 Å². The number of carbonyl (C=O) groups excluding carboxylic acids is 2. The van der Waals surface area contributed by atoms with Gasteiger partial charge in [0.25, 0.3) is 5.91 Å². The third-order valence-electron chi connectivity index (χ3n) is 4.98. The number of aryl methyl sites for hydroxylation is 1. The number of thiophene rings is 1. The van der Waals surface area contributed by atoms with Crippen LogP contribution in [0.3, 0.4) is 0 Å². The first-order chi connectivity index (χ1) is 13.1. The highest BCUT2D eigenvalue weighted by atomic mass is 32.1. The lowest BCUT2D eigenvalue weighted by molar-refractivity contribution is -0.121. The number of amides is 2. The highest BCUT2D eigenvalue weighted by Crippen LogP contribution is 2.28. The van der Waals surface area contributed by atoms with Gasteiger partial charge in [0, 0.05) is 19.0 Å². The van der Waals surface area contributed by atoms with Gasteiger partial charge in [0.2, 0.25) is 5.91 Å². The van der Waals surface area contributed by atoms with E-state index in [0.717, 1.165) is 21.5 Å². The lowest BCUT2D eigenvalue weighted by Gasteiger charge is -2.30.